The van der Waals surface area contributed by atoms with Gasteiger partial charge in [-0.2, -0.15) is 0 Å². The van der Waals surface area contributed by atoms with E-state index in [1.165, 1.54) is 11.8 Å². The molecule has 298 valence electrons. The second-order valence-electron chi connectivity index (χ2n) is 15.6. The molecule has 0 radical (unpaired) electrons. The van der Waals surface area contributed by atoms with Gasteiger partial charge in [0.1, 0.15) is 5.75 Å². The van der Waals surface area contributed by atoms with E-state index in [1.807, 2.05) is 66.7 Å². The fourth-order valence-corrected chi connectivity index (χ4v) is 13.3. The molecule has 0 aromatic heterocycles. The lowest BCUT2D eigenvalue weighted by Crippen LogP contribution is -2.54. The number of carbonyl (C=O) groups excluding carboxylic acids is 4. The summed E-state index contributed by atoms with van der Waals surface area (Å²) in [5.74, 6) is -0.644. The minimum atomic E-state index is -2.56. The monoisotopic (exact) mass is 809 g/mol. The molecule has 57 heavy (non-hydrogen) atoms. The molecule has 5 atom stereocenters. The van der Waals surface area contributed by atoms with Gasteiger partial charge in [0.25, 0.3) is 5.91 Å². The molecular formula is C44H48ClN3O8Si. The van der Waals surface area contributed by atoms with E-state index >= 15 is 4.79 Å². The van der Waals surface area contributed by atoms with Crippen LogP contribution in [-0.4, -0.2) is 74.4 Å². The van der Waals surface area contributed by atoms with Gasteiger partial charge in [-0.1, -0.05) is 91.4 Å². The van der Waals surface area contributed by atoms with E-state index in [0.29, 0.717) is 28.5 Å². The number of rotatable bonds is 13. The minimum Gasteiger partial charge on any atom is -0.497 e. The van der Waals surface area contributed by atoms with Crippen LogP contribution in [-0.2, 0) is 47.3 Å². The van der Waals surface area contributed by atoms with Crippen molar-refractivity contribution in [3.8, 4) is 5.75 Å². The molecule has 11 nitrogen and oxygen atoms in total. The van der Waals surface area contributed by atoms with Crippen molar-refractivity contribution in [2.45, 2.75) is 76.3 Å². The molecule has 0 bridgehead atoms. The fraction of sp³-hybridized carbons (Fsp3) is 0.364. The summed E-state index contributed by atoms with van der Waals surface area (Å²) in [4.78, 5) is 58.5. The van der Waals surface area contributed by atoms with Crippen molar-refractivity contribution in [1.82, 2.24) is 4.90 Å². The van der Waals surface area contributed by atoms with Crippen molar-refractivity contribution in [3.63, 3.8) is 0 Å². The number of nitrogens with zero attached hydrogens (tertiary/aromatic N) is 3. The molecule has 13 heteroatoms. The zero-order valence-electron chi connectivity index (χ0n) is 32.8. The molecule has 3 aliphatic heterocycles. The highest BCUT2D eigenvalue weighted by molar-refractivity contribution is 6.91. The zero-order chi connectivity index (χ0) is 40.6. The summed E-state index contributed by atoms with van der Waals surface area (Å²) in [6.07, 6.45) is -1.14. The van der Waals surface area contributed by atoms with E-state index < -0.39 is 32.0 Å². The van der Waals surface area contributed by atoms with Gasteiger partial charge in [-0.25, -0.2) is 0 Å². The van der Waals surface area contributed by atoms with Crippen LogP contribution in [0.25, 0.3) is 0 Å². The van der Waals surface area contributed by atoms with Crippen molar-refractivity contribution in [2.24, 2.45) is 5.92 Å². The first-order chi connectivity index (χ1) is 27.3. The SMILES string of the molecule is COc1ccc([Si](C)(C)[C@@H]2[C@@H](CC(=O)N(CCO)Cc3ccccc3)O[C@]3(C(=O)N(Cc4ccc(N5C(=O)CC5OC(C)=O)cc4)c4ccc(Cl)cc43)[C@H]2C)cc1. The Bertz CT molecular complexity index is 2150. The Labute approximate surface area is 339 Å². The van der Waals surface area contributed by atoms with Gasteiger partial charge in [-0.15, -0.1) is 0 Å². The molecule has 1 N–H and O–H groups in total. The van der Waals surface area contributed by atoms with E-state index in [4.69, 9.17) is 25.8 Å². The van der Waals surface area contributed by atoms with Gasteiger partial charge in [-0.05, 0) is 59.1 Å². The van der Waals surface area contributed by atoms with Crippen molar-refractivity contribution >= 4 is 59.9 Å². The van der Waals surface area contributed by atoms with Crippen LogP contribution in [0.1, 0.15) is 43.4 Å². The van der Waals surface area contributed by atoms with E-state index in [2.05, 4.69) is 32.2 Å². The van der Waals surface area contributed by atoms with Gasteiger partial charge >= 0.3 is 5.97 Å². The van der Waals surface area contributed by atoms with Crippen LogP contribution in [0.15, 0.2) is 97.1 Å². The number of ether oxygens (including phenoxy) is 3. The first-order valence-electron chi connectivity index (χ1n) is 19.2. The van der Waals surface area contributed by atoms with Gasteiger partial charge in [0.15, 0.2) is 11.8 Å². The molecule has 3 heterocycles. The number of amides is 3. The number of β-lactam (4-membered cyclic amide) rings is 1. The van der Waals surface area contributed by atoms with Crippen LogP contribution < -0.4 is 19.7 Å². The van der Waals surface area contributed by atoms with E-state index in [0.717, 1.165) is 22.1 Å². The molecule has 2 saturated heterocycles. The number of halogens is 1. The van der Waals surface area contributed by atoms with Gasteiger partial charge in [0.05, 0.1) is 53.0 Å². The fourth-order valence-electron chi connectivity index (χ4n) is 9.09. The molecule has 0 saturated carbocycles. The van der Waals surface area contributed by atoms with Crippen LogP contribution in [0.3, 0.4) is 0 Å². The Kier molecular flexibility index (Phi) is 11.3. The quantitative estimate of drug-likeness (QED) is 0.0970. The molecule has 7 rings (SSSR count). The maximum atomic E-state index is 15.3. The summed E-state index contributed by atoms with van der Waals surface area (Å²) in [7, 11) is -0.930. The van der Waals surface area contributed by atoms with Crippen molar-refractivity contribution < 1.29 is 38.5 Å². The maximum absolute atomic E-state index is 15.3. The number of hydrogen-bond acceptors (Lipinski definition) is 8. The average molecular weight is 810 g/mol. The number of esters is 1. The predicted molar refractivity (Wildman–Crippen MR) is 220 cm³/mol. The lowest BCUT2D eigenvalue weighted by Gasteiger charge is -2.39. The van der Waals surface area contributed by atoms with Crippen molar-refractivity contribution in [1.29, 1.82) is 0 Å². The summed E-state index contributed by atoms with van der Waals surface area (Å²) in [5.41, 5.74) is 2.05. The topological polar surface area (TPSA) is 126 Å². The Morgan fingerprint density at radius 2 is 1.68 bits per heavy atom. The average Bonchev–Trinajstić information content (AvgIpc) is 3.60. The highest BCUT2D eigenvalue weighted by Gasteiger charge is 2.66. The third-order valence-electron chi connectivity index (χ3n) is 11.9. The number of anilines is 2. The molecule has 4 aromatic rings. The third kappa shape index (κ3) is 7.47. The van der Waals surface area contributed by atoms with Gasteiger partial charge in [0.2, 0.25) is 11.8 Å². The lowest BCUT2D eigenvalue weighted by atomic mass is 9.82. The third-order valence-corrected chi connectivity index (χ3v) is 16.5. The summed E-state index contributed by atoms with van der Waals surface area (Å²) < 4.78 is 18.0. The molecular weight excluding hydrogens is 762 g/mol. The van der Waals surface area contributed by atoms with Crippen LogP contribution in [0, 0.1) is 5.92 Å². The molecule has 3 aliphatic rings. The molecule has 3 amide bonds. The highest BCUT2D eigenvalue weighted by Crippen LogP contribution is 2.60. The lowest BCUT2D eigenvalue weighted by molar-refractivity contribution is -0.154. The molecule has 1 unspecified atom stereocenters. The minimum absolute atomic E-state index is 0.0182. The maximum Gasteiger partial charge on any atom is 0.304 e. The summed E-state index contributed by atoms with van der Waals surface area (Å²) in [6, 6.07) is 30.4. The summed E-state index contributed by atoms with van der Waals surface area (Å²) in [6.45, 7) is 8.40. The van der Waals surface area contributed by atoms with E-state index in [1.54, 1.807) is 35.1 Å². The predicted octanol–water partition coefficient (Wildman–Crippen LogP) is 6.15. The number of methoxy groups -OCH3 is 1. The van der Waals surface area contributed by atoms with Crippen LogP contribution >= 0.6 is 11.6 Å². The Morgan fingerprint density at radius 1 is 0.982 bits per heavy atom. The van der Waals surface area contributed by atoms with E-state index in [9.17, 15) is 19.5 Å². The van der Waals surface area contributed by atoms with Gasteiger partial charge < -0.3 is 29.1 Å². The molecule has 1 spiro atoms. The number of aliphatic hydroxyl groups excluding tert-OH is 1. The Balaban J connectivity index is 1.24. The number of benzene rings is 4. The van der Waals surface area contributed by atoms with Crippen LogP contribution in [0.5, 0.6) is 5.75 Å². The summed E-state index contributed by atoms with van der Waals surface area (Å²) >= 11 is 6.70. The Hall–Kier alpha value is -5.01. The summed E-state index contributed by atoms with van der Waals surface area (Å²) in [5, 5.41) is 11.6. The van der Waals surface area contributed by atoms with Crippen molar-refractivity contribution in [2.75, 3.05) is 30.1 Å². The van der Waals surface area contributed by atoms with Crippen molar-refractivity contribution in [3.05, 3.63) is 119 Å². The molecule has 4 aromatic carbocycles. The number of aliphatic hydroxyl groups is 1. The zero-order valence-corrected chi connectivity index (χ0v) is 34.6. The largest absolute Gasteiger partial charge is 0.497 e. The normalized spacial score (nSPS) is 22.7. The Morgan fingerprint density at radius 3 is 2.32 bits per heavy atom. The first-order valence-corrected chi connectivity index (χ1v) is 22.7. The first kappa shape index (κ1) is 40.2. The van der Waals surface area contributed by atoms with Gasteiger partial charge in [0, 0.05) is 42.2 Å². The van der Waals surface area contributed by atoms with Crippen LogP contribution in [0.4, 0.5) is 11.4 Å². The highest BCUT2D eigenvalue weighted by atomic mass is 35.5. The second kappa shape index (κ2) is 16.1. The van der Waals surface area contributed by atoms with Crippen LogP contribution in [0.2, 0.25) is 23.7 Å². The van der Waals surface area contributed by atoms with Gasteiger partial charge in [-0.3, -0.25) is 24.1 Å². The molecule has 2 fully saturated rings. The number of hydrogen-bond donors (Lipinski definition) is 1. The number of fused-ring (bicyclic) bond motifs is 2. The number of carbonyl (C=O) groups is 4. The van der Waals surface area contributed by atoms with E-state index in [-0.39, 0.29) is 61.7 Å². The second-order valence-corrected chi connectivity index (χ2v) is 20.8. The standard InChI is InChI=1S/C44H48ClN3O8Si/c1-28-42(57(4,5)35-18-16-34(54-3)17-19-35)38(24-39(51)46(21-22-49)26-30-9-7-6-8-10-30)56-44(28)36-23-32(45)13-20-37(36)47(43(44)53)27-31-11-14-33(15-12-31)48-40(52)25-41(48)55-29(2)50/h6-20,23,28,38,41-42,49H,21-22,24-27H2,1-5H3/t28-,38+,41?,42-,44+/m0/s1. The molecule has 0 aliphatic carbocycles. The smallest absolute Gasteiger partial charge is 0.304 e.